The van der Waals surface area contributed by atoms with Gasteiger partial charge in [-0.25, -0.2) is 0 Å². The van der Waals surface area contributed by atoms with Gasteiger partial charge in [0.2, 0.25) is 0 Å². The summed E-state index contributed by atoms with van der Waals surface area (Å²) in [4.78, 5) is 2.53. The topological polar surface area (TPSA) is 41.3 Å². The molecule has 0 saturated heterocycles. The van der Waals surface area contributed by atoms with E-state index in [-0.39, 0.29) is 0 Å². The lowest BCUT2D eigenvalue weighted by Crippen LogP contribution is -2.26. The van der Waals surface area contributed by atoms with Gasteiger partial charge in [-0.05, 0) is 32.9 Å². The van der Waals surface area contributed by atoms with Crippen LogP contribution < -0.4 is 5.32 Å². The average molecular weight is 237 g/mol. The lowest BCUT2D eigenvalue weighted by Gasteiger charge is -2.19. The fourth-order valence-electron chi connectivity index (χ4n) is 2.09. The van der Waals surface area contributed by atoms with Crippen molar-refractivity contribution in [2.45, 2.75) is 51.7 Å². The van der Waals surface area contributed by atoms with E-state index in [0.717, 1.165) is 30.6 Å². The maximum atomic E-state index is 5.37. The summed E-state index contributed by atoms with van der Waals surface area (Å²) >= 11 is 0. The summed E-state index contributed by atoms with van der Waals surface area (Å²) < 4.78 is 5.37. The lowest BCUT2D eigenvalue weighted by molar-refractivity contribution is 0.218. The van der Waals surface area contributed by atoms with Crippen molar-refractivity contribution >= 4 is 0 Å². The van der Waals surface area contributed by atoms with Crippen LogP contribution in [0.2, 0.25) is 0 Å². The summed E-state index contributed by atoms with van der Waals surface area (Å²) in [5.41, 5.74) is 0.994. The molecule has 0 amide bonds. The molecule has 1 fully saturated rings. The number of nitrogens with zero attached hydrogens (tertiary/aromatic N) is 2. The van der Waals surface area contributed by atoms with Gasteiger partial charge in [-0.1, -0.05) is 18.5 Å². The van der Waals surface area contributed by atoms with Gasteiger partial charge in [-0.15, -0.1) is 0 Å². The highest BCUT2D eigenvalue weighted by molar-refractivity contribution is 5.05. The summed E-state index contributed by atoms with van der Waals surface area (Å²) in [5.74, 6) is 0.998. The molecule has 4 nitrogen and oxygen atoms in total. The number of hydrogen-bond acceptors (Lipinski definition) is 4. The molecule has 1 aromatic rings. The van der Waals surface area contributed by atoms with Gasteiger partial charge in [0, 0.05) is 18.7 Å². The second-order valence-electron chi connectivity index (χ2n) is 4.87. The number of unbranched alkanes of at least 4 members (excludes halogenated alkanes) is 1. The van der Waals surface area contributed by atoms with Crippen LogP contribution in [-0.2, 0) is 13.1 Å². The van der Waals surface area contributed by atoms with E-state index in [1.54, 1.807) is 0 Å². The van der Waals surface area contributed by atoms with Crippen molar-refractivity contribution in [3.63, 3.8) is 0 Å². The van der Waals surface area contributed by atoms with Crippen molar-refractivity contribution < 1.29 is 4.52 Å². The normalized spacial score (nSPS) is 15.7. The molecule has 0 unspecified atom stereocenters. The second-order valence-corrected chi connectivity index (χ2v) is 4.87. The van der Waals surface area contributed by atoms with E-state index < -0.39 is 0 Å². The first kappa shape index (κ1) is 12.6. The molecular weight excluding hydrogens is 214 g/mol. The Morgan fingerprint density at radius 3 is 3.00 bits per heavy atom. The molecular formula is C13H23N3O. The van der Waals surface area contributed by atoms with Crippen molar-refractivity contribution in [3.05, 3.63) is 17.5 Å². The molecule has 0 radical (unpaired) electrons. The zero-order valence-electron chi connectivity index (χ0n) is 10.9. The molecule has 0 aliphatic heterocycles. The van der Waals surface area contributed by atoms with Crippen LogP contribution >= 0.6 is 0 Å². The molecule has 4 heteroatoms. The van der Waals surface area contributed by atoms with Gasteiger partial charge in [0.1, 0.15) is 0 Å². The van der Waals surface area contributed by atoms with Gasteiger partial charge in [-0.2, -0.15) is 0 Å². The summed E-state index contributed by atoms with van der Waals surface area (Å²) in [7, 11) is 1.92. The fraction of sp³-hybridized carbons (Fsp3) is 0.769. The van der Waals surface area contributed by atoms with Gasteiger partial charge in [0.25, 0.3) is 0 Å². The number of rotatable bonds is 8. The third-order valence-corrected chi connectivity index (χ3v) is 3.19. The Bertz CT molecular complexity index is 333. The Kier molecular flexibility index (Phi) is 4.57. The number of hydrogen-bond donors (Lipinski definition) is 1. The summed E-state index contributed by atoms with van der Waals surface area (Å²) in [6, 6.07) is 2.86. The third kappa shape index (κ3) is 3.82. The summed E-state index contributed by atoms with van der Waals surface area (Å²) in [6.45, 7) is 5.12. The van der Waals surface area contributed by atoms with E-state index in [9.17, 15) is 0 Å². The SMILES string of the molecule is CCCCN(Cc1cc(CNC)no1)C1CC1. The lowest BCUT2D eigenvalue weighted by atomic mass is 10.3. The molecule has 0 aromatic carbocycles. The van der Waals surface area contributed by atoms with Crippen LogP contribution in [0.5, 0.6) is 0 Å². The molecule has 1 aliphatic carbocycles. The van der Waals surface area contributed by atoms with Crippen molar-refractivity contribution in [2.24, 2.45) is 0 Å². The maximum Gasteiger partial charge on any atom is 0.151 e. The smallest absolute Gasteiger partial charge is 0.151 e. The monoisotopic (exact) mass is 237 g/mol. The molecule has 1 N–H and O–H groups in total. The second kappa shape index (κ2) is 6.17. The maximum absolute atomic E-state index is 5.37. The fourth-order valence-corrected chi connectivity index (χ4v) is 2.09. The minimum absolute atomic E-state index is 0.780. The largest absolute Gasteiger partial charge is 0.360 e. The zero-order chi connectivity index (χ0) is 12.1. The zero-order valence-corrected chi connectivity index (χ0v) is 10.9. The van der Waals surface area contributed by atoms with Crippen LogP contribution in [0.3, 0.4) is 0 Å². The van der Waals surface area contributed by atoms with Crippen LogP contribution in [-0.4, -0.2) is 29.7 Å². The predicted molar refractivity (Wildman–Crippen MR) is 67.6 cm³/mol. The Hall–Kier alpha value is -0.870. The number of nitrogens with one attached hydrogen (secondary N) is 1. The van der Waals surface area contributed by atoms with Crippen LogP contribution in [0, 0.1) is 0 Å². The Morgan fingerprint density at radius 1 is 1.53 bits per heavy atom. The molecule has 0 atom stereocenters. The number of aromatic nitrogens is 1. The molecule has 0 bridgehead atoms. The summed E-state index contributed by atoms with van der Waals surface area (Å²) in [6.07, 6.45) is 5.22. The molecule has 2 rings (SSSR count). The highest BCUT2D eigenvalue weighted by atomic mass is 16.5. The molecule has 1 aromatic heterocycles. The first-order valence-corrected chi connectivity index (χ1v) is 6.66. The van der Waals surface area contributed by atoms with E-state index >= 15 is 0 Å². The van der Waals surface area contributed by atoms with E-state index in [2.05, 4.69) is 28.4 Å². The molecule has 0 spiro atoms. The van der Waals surface area contributed by atoms with Crippen molar-refractivity contribution in [2.75, 3.05) is 13.6 Å². The van der Waals surface area contributed by atoms with Crippen LogP contribution in [0.1, 0.15) is 44.1 Å². The van der Waals surface area contributed by atoms with E-state index in [0.29, 0.717) is 0 Å². The molecule has 1 heterocycles. The third-order valence-electron chi connectivity index (χ3n) is 3.19. The van der Waals surface area contributed by atoms with Gasteiger partial charge < -0.3 is 9.84 Å². The van der Waals surface area contributed by atoms with Gasteiger partial charge in [0.05, 0.1) is 12.2 Å². The van der Waals surface area contributed by atoms with Crippen molar-refractivity contribution in [1.82, 2.24) is 15.4 Å². The minimum atomic E-state index is 0.780. The molecule has 1 aliphatic rings. The average Bonchev–Trinajstić information content (AvgIpc) is 3.08. The van der Waals surface area contributed by atoms with E-state index in [1.807, 2.05) is 7.05 Å². The Balaban J connectivity index is 1.87. The highest BCUT2D eigenvalue weighted by Crippen LogP contribution is 2.28. The van der Waals surface area contributed by atoms with Crippen molar-refractivity contribution in [3.8, 4) is 0 Å². The van der Waals surface area contributed by atoms with Crippen LogP contribution in [0.4, 0.5) is 0 Å². The van der Waals surface area contributed by atoms with Crippen molar-refractivity contribution in [1.29, 1.82) is 0 Å². The van der Waals surface area contributed by atoms with Gasteiger partial charge in [-0.3, -0.25) is 4.90 Å². The van der Waals surface area contributed by atoms with Crippen LogP contribution in [0.15, 0.2) is 10.6 Å². The van der Waals surface area contributed by atoms with Gasteiger partial charge >= 0.3 is 0 Å². The molecule has 1 saturated carbocycles. The van der Waals surface area contributed by atoms with E-state index in [4.69, 9.17) is 4.52 Å². The Morgan fingerprint density at radius 2 is 2.35 bits per heavy atom. The van der Waals surface area contributed by atoms with Gasteiger partial charge in [0.15, 0.2) is 5.76 Å². The molecule has 96 valence electrons. The highest BCUT2D eigenvalue weighted by Gasteiger charge is 2.29. The minimum Gasteiger partial charge on any atom is -0.360 e. The predicted octanol–water partition coefficient (Wildman–Crippen LogP) is 2.16. The Labute approximate surface area is 103 Å². The quantitative estimate of drug-likeness (QED) is 0.752. The first-order chi connectivity index (χ1) is 8.33. The molecule has 17 heavy (non-hydrogen) atoms. The summed E-state index contributed by atoms with van der Waals surface area (Å²) in [5, 5.41) is 7.14. The standard InChI is InChI=1S/C13H23N3O/c1-3-4-7-16(12-5-6-12)10-13-8-11(9-14-2)15-17-13/h8,12,14H,3-7,9-10H2,1-2H3. The van der Waals surface area contributed by atoms with E-state index in [1.165, 1.54) is 32.2 Å². The van der Waals surface area contributed by atoms with Crippen LogP contribution in [0.25, 0.3) is 0 Å². The first-order valence-electron chi connectivity index (χ1n) is 6.66.